The van der Waals surface area contributed by atoms with Crippen LogP contribution < -0.4 is 5.32 Å². The van der Waals surface area contributed by atoms with E-state index < -0.39 is 0 Å². The van der Waals surface area contributed by atoms with E-state index >= 15 is 0 Å². The Labute approximate surface area is 121 Å². The third-order valence-electron chi connectivity index (χ3n) is 3.40. The molecule has 1 aliphatic carbocycles. The number of rotatable bonds is 2. The number of nitrogens with one attached hydrogen (secondary N) is 1. The molecule has 2 aromatic rings. The Morgan fingerprint density at radius 3 is 3.05 bits per heavy atom. The number of halogens is 1. The standard InChI is InChI=1S/C15H14ClN3O/c16-12-8-11-6-7-13(18-14(11)17-9-12)19-15(20)10-4-2-1-3-5-10/h1-2,6-10H,3-5H2,(H,17,18,19,20). The molecule has 2 heterocycles. The van der Waals surface area contributed by atoms with Gasteiger partial charge in [-0.05, 0) is 37.5 Å². The Morgan fingerprint density at radius 2 is 2.25 bits per heavy atom. The summed E-state index contributed by atoms with van der Waals surface area (Å²) in [5, 5.41) is 4.29. The second kappa shape index (κ2) is 5.59. The Bertz CT molecular complexity index is 684. The van der Waals surface area contributed by atoms with Crippen molar-refractivity contribution in [2.24, 2.45) is 5.92 Å². The summed E-state index contributed by atoms with van der Waals surface area (Å²) in [4.78, 5) is 20.6. The van der Waals surface area contributed by atoms with Gasteiger partial charge in [0.1, 0.15) is 5.82 Å². The number of carbonyl (C=O) groups excluding carboxylic acids is 1. The monoisotopic (exact) mass is 287 g/mol. The van der Waals surface area contributed by atoms with E-state index in [0.717, 1.165) is 24.6 Å². The van der Waals surface area contributed by atoms with Gasteiger partial charge in [-0.15, -0.1) is 0 Å². The van der Waals surface area contributed by atoms with E-state index in [1.54, 1.807) is 18.3 Å². The number of carbonyl (C=O) groups is 1. The molecule has 1 unspecified atom stereocenters. The first-order chi connectivity index (χ1) is 9.72. The van der Waals surface area contributed by atoms with Crippen molar-refractivity contribution in [3.63, 3.8) is 0 Å². The zero-order chi connectivity index (χ0) is 13.9. The van der Waals surface area contributed by atoms with Crippen LogP contribution in [0.4, 0.5) is 5.82 Å². The summed E-state index contributed by atoms with van der Waals surface area (Å²) >= 11 is 5.88. The minimum absolute atomic E-state index is 0.0233. The molecule has 102 valence electrons. The summed E-state index contributed by atoms with van der Waals surface area (Å²) in [6, 6.07) is 5.43. The summed E-state index contributed by atoms with van der Waals surface area (Å²) in [6.45, 7) is 0. The van der Waals surface area contributed by atoms with Gasteiger partial charge in [0.2, 0.25) is 5.91 Å². The molecule has 1 atom stereocenters. The third-order valence-corrected chi connectivity index (χ3v) is 3.61. The topological polar surface area (TPSA) is 54.9 Å². The molecule has 5 heteroatoms. The van der Waals surface area contributed by atoms with Gasteiger partial charge in [0.25, 0.3) is 0 Å². The largest absolute Gasteiger partial charge is 0.310 e. The number of allylic oxidation sites excluding steroid dienone is 2. The number of hydrogen-bond donors (Lipinski definition) is 1. The number of hydrogen-bond acceptors (Lipinski definition) is 3. The van der Waals surface area contributed by atoms with Gasteiger partial charge in [-0.1, -0.05) is 23.8 Å². The van der Waals surface area contributed by atoms with Gasteiger partial charge in [-0.2, -0.15) is 0 Å². The molecule has 0 saturated carbocycles. The third kappa shape index (κ3) is 2.80. The molecule has 0 spiro atoms. The first-order valence-electron chi connectivity index (χ1n) is 6.60. The lowest BCUT2D eigenvalue weighted by molar-refractivity contribution is -0.120. The highest BCUT2D eigenvalue weighted by Crippen LogP contribution is 2.21. The quantitative estimate of drug-likeness (QED) is 0.859. The van der Waals surface area contributed by atoms with Gasteiger partial charge in [-0.3, -0.25) is 4.79 Å². The molecule has 1 N–H and O–H groups in total. The number of fused-ring (bicyclic) bond motifs is 1. The molecule has 0 fully saturated rings. The van der Waals surface area contributed by atoms with Crippen molar-refractivity contribution in [3.8, 4) is 0 Å². The van der Waals surface area contributed by atoms with Crippen molar-refractivity contribution in [1.29, 1.82) is 0 Å². The van der Waals surface area contributed by atoms with Gasteiger partial charge in [-0.25, -0.2) is 9.97 Å². The molecule has 0 aliphatic heterocycles. The number of amides is 1. The molecule has 20 heavy (non-hydrogen) atoms. The van der Waals surface area contributed by atoms with Crippen molar-refractivity contribution in [3.05, 3.63) is 41.6 Å². The smallest absolute Gasteiger partial charge is 0.228 e. The molecule has 0 bridgehead atoms. The van der Waals surface area contributed by atoms with Crippen molar-refractivity contribution in [2.75, 3.05) is 5.32 Å². The van der Waals surface area contributed by atoms with Crippen LogP contribution in [0.2, 0.25) is 5.02 Å². The van der Waals surface area contributed by atoms with Gasteiger partial charge < -0.3 is 5.32 Å². The first kappa shape index (κ1) is 13.1. The van der Waals surface area contributed by atoms with Crippen LogP contribution in [0.25, 0.3) is 11.0 Å². The highest BCUT2D eigenvalue weighted by Gasteiger charge is 2.19. The van der Waals surface area contributed by atoms with Crippen LogP contribution in [-0.2, 0) is 4.79 Å². The predicted molar refractivity (Wildman–Crippen MR) is 79.7 cm³/mol. The van der Waals surface area contributed by atoms with Crippen LogP contribution in [0.1, 0.15) is 19.3 Å². The number of anilines is 1. The van der Waals surface area contributed by atoms with Crippen LogP contribution >= 0.6 is 11.6 Å². The highest BCUT2D eigenvalue weighted by molar-refractivity contribution is 6.31. The lowest BCUT2D eigenvalue weighted by Gasteiger charge is -2.16. The molecule has 4 nitrogen and oxygen atoms in total. The summed E-state index contributed by atoms with van der Waals surface area (Å²) in [7, 11) is 0. The minimum atomic E-state index is 0.0233. The second-order valence-corrected chi connectivity index (χ2v) is 5.30. The maximum absolute atomic E-state index is 12.1. The van der Waals surface area contributed by atoms with Crippen LogP contribution in [0, 0.1) is 5.92 Å². The van der Waals surface area contributed by atoms with Crippen LogP contribution in [-0.4, -0.2) is 15.9 Å². The van der Waals surface area contributed by atoms with E-state index in [1.165, 1.54) is 0 Å². The molecule has 1 amide bonds. The van der Waals surface area contributed by atoms with Gasteiger partial charge in [0, 0.05) is 17.5 Å². The highest BCUT2D eigenvalue weighted by atomic mass is 35.5. The Morgan fingerprint density at radius 1 is 1.35 bits per heavy atom. The molecular weight excluding hydrogens is 274 g/mol. The molecule has 0 saturated heterocycles. The molecule has 3 rings (SSSR count). The van der Waals surface area contributed by atoms with Gasteiger partial charge in [0.05, 0.1) is 5.02 Å². The Kier molecular flexibility index (Phi) is 3.65. The number of pyridine rings is 2. The lowest BCUT2D eigenvalue weighted by atomic mass is 9.94. The van der Waals surface area contributed by atoms with Gasteiger partial charge >= 0.3 is 0 Å². The lowest BCUT2D eigenvalue weighted by Crippen LogP contribution is -2.24. The van der Waals surface area contributed by atoms with Crippen LogP contribution in [0.3, 0.4) is 0 Å². The van der Waals surface area contributed by atoms with E-state index in [-0.39, 0.29) is 11.8 Å². The first-order valence-corrected chi connectivity index (χ1v) is 6.98. The normalized spacial score (nSPS) is 18.1. The van der Waals surface area contributed by atoms with Crippen LogP contribution in [0.15, 0.2) is 36.5 Å². The van der Waals surface area contributed by atoms with E-state index in [9.17, 15) is 4.79 Å². The van der Waals surface area contributed by atoms with E-state index in [4.69, 9.17) is 11.6 Å². The zero-order valence-corrected chi connectivity index (χ0v) is 11.6. The number of nitrogens with zero attached hydrogens (tertiary/aromatic N) is 2. The van der Waals surface area contributed by atoms with E-state index in [1.807, 2.05) is 6.07 Å². The zero-order valence-electron chi connectivity index (χ0n) is 10.8. The molecule has 2 aromatic heterocycles. The summed E-state index contributed by atoms with van der Waals surface area (Å²) in [6.07, 6.45) is 8.38. The predicted octanol–water partition coefficient (Wildman–Crippen LogP) is 3.58. The fourth-order valence-electron chi connectivity index (χ4n) is 2.31. The second-order valence-electron chi connectivity index (χ2n) is 4.87. The fraction of sp³-hybridized carbons (Fsp3) is 0.267. The summed E-state index contributed by atoms with van der Waals surface area (Å²) < 4.78 is 0. The molecule has 0 radical (unpaired) electrons. The molecule has 0 aromatic carbocycles. The van der Waals surface area contributed by atoms with Crippen molar-refractivity contribution in [1.82, 2.24) is 9.97 Å². The maximum Gasteiger partial charge on any atom is 0.228 e. The maximum atomic E-state index is 12.1. The van der Waals surface area contributed by atoms with Gasteiger partial charge in [0.15, 0.2) is 5.65 Å². The minimum Gasteiger partial charge on any atom is -0.310 e. The SMILES string of the molecule is O=C(Nc1ccc2cc(Cl)cnc2n1)C1CC=CCC1. The average molecular weight is 288 g/mol. The van der Waals surface area contributed by atoms with Crippen LogP contribution in [0.5, 0.6) is 0 Å². The Hall–Kier alpha value is -1.94. The van der Waals surface area contributed by atoms with E-state index in [0.29, 0.717) is 16.5 Å². The average Bonchev–Trinajstić information content (AvgIpc) is 2.48. The van der Waals surface area contributed by atoms with Crippen molar-refractivity contribution in [2.45, 2.75) is 19.3 Å². The number of aromatic nitrogens is 2. The summed E-state index contributed by atoms with van der Waals surface area (Å²) in [5.41, 5.74) is 0.579. The van der Waals surface area contributed by atoms with Crippen molar-refractivity contribution >= 4 is 34.4 Å². The van der Waals surface area contributed by atoms with Crippen molar-refractivity contribution < 1.29 is 4.79 Å². The van der Waals surface area contributed by atoms with E-state index in [2.05, 4.69) is 27.4 Å². The summed E-state index contributed by atoms with van der Waals surface area (Å²) in [5.74, 6) is 0.595. The fourth-order valence-corrected chi connectivity index (χ4v) is 2.48. The molecular formula is C15H14ClN3O. The Balaban J connectivity index is 1.78. The molecule has 1 aliphatic rings.